The lowest BCUT2D eigenvalue weighted by molar-refractivity contribution is 0.350. The molecule has 0 spiro atoms. The van der Waals surface area contributed by atoms with Crippen LogP contribution in [0.5, 0.6) is 0 Å². The highest BCUT2D eigenvalue weighted by Crippen LogP contribution is 2.25. The van der Waals surface area contributed by atoms with E-state index in [9.17, 15) is 0 Å². The highest BCUT2D eigenvalue weighted by molar-refractivity contribution is 6.40. The number of rotatable bonds is 6. The van der Waals surface area contributed by atoms with Crippen molar-refractivity contribution in [2.45, 2.75) is 44.6 Å². The van der Waals surface area contributed by atoms with Crippen LogP contribution in [0.3, 0.4) is 0 Å². The minimum absolute atomic E-state index is 0.502. The van der Waals surface area contributed by atoms with Crippen LogP contribution in [0.15, 0.2) is 0 Å². The molecule has 16 heavy (non-hydrogen) atoms. The molecule has 0 radical (unpaired) electrons. The van der Waals surface area contributed by atoms with Gasteiger partial charge in [0.25, 0.3) is 0 Å². The fourth-order valence-electron chi connectivity index (χ4n) is 2.64. The topological polar surface area (TPSA) is 55.7 Å². The van der Waals surface area contributed by atoms with E-state index in [0.717, 1.165) is 19.4 Å². The first-order valence-electron chi connectivity index (χ1n) is 6.26. The Morgan fingerprint density at radius 3 is 2.62 bits per heavy atom. The third-order valence-electron chi connectivity index (χ3n) is 3.42. The maximum Gasteiger partial charge on any atom is 0.451 e. The molecule has 0 aromatic rings. The molecule has 1 fully saturated rings. The average Bonchev–Trinajstić information content (AvgIpc) is 2.45. The van der Waals surface area contributed by atoms with Gasteiger partial charge in [-0.1, -0.05) is 6.42 Å². The molecule has 0 saturated carbocycles. The van der Waals surface area contributed by atoms with Crippen molar-refractivity contribution in [3.05, 3.63) is 0 Å². The molecule has 3 unspecified atom stereocenters. The van der Waals surface area contributed by atoms with Gasteiger partial charge in [0.15, 0.2) is 0 Å². The Labute approximate surface area is 99.2 Å². The number of likely N-dealkylation sites (N-methyl/N-ethyl adjacent to an activating group) is 1. The summed E-state index contributed by atoms with van der Waals surface area (Å²) in [5.74, 6) is 0.684. The van der Waals surface area contributed by atoms with Crippen LogP contribution in [-0.4, -0.2) is 54.8 Å². The van der Waals surface area contributed by atoms with E-state index in [2.05, 4.69) is 31.2 Å². The zero-order chi connectivity index (χ0) is 12.1. The smallest absolute Gasteiger partial charge is 0.427 e. The first-order chi connectivity index (χ1) is 7.49. The van der Waals surface area contributed by atoms with E-state index in [4.69, 9.17) is 10.0 Å². The Hall–Kier alpha value is -0.0951. The van der Waals surface area contributed by atoms with E-state index in [1.165, 1.54) is 6.42 Å². The average molecular weight is 228 g/mol. The minimum Gasteiger partial charge on any atom is -0.427 e. The van der Waals surface area contributed by atoms with Crippen LogP contribution >= 0.6 is 0 Å². The fourth-order valence-corrected chi connectivity index (χ4v) is 2.64. The summed E-state index contributed by atoms with van der Waals surface area (Å²) in [6.07, 6.45) is 3.71. The van der Waals surface area contributed by atoms with Crippen LogP contribution in [0, 0.1) is 5.92 Å². The molecule has 0 aromatic heterocycles. The molecule has 1 aliphatic heterocycles. The highest BCUT2D eigenvalue weighted by Gasteiger charge is 2.30. The van der Waals surface area contributed by atoms with Crippen molar-refractivity contribution < 1.29 is 10.0 Å². The normalized spacial score (nSPS) is 30.0. The standard InChI is InChI=1S/C11H25BN2O2/c1-9-10(5-4-6-12(15)16)7-11(13-9)8-14(2)3/h9-11,13,15-16H,4-8H2,1-3H3. The Morgan fingerprint density at radius 1 is 1.38 bits per heavy atom. The summed E-state index contributed by atoms with van der Waals surface area (Å²) < 4.78 is 0. The second-order valence-electron chi connectivity index (χ2n) is 5.32. The SMILES string of the molecule is CC1NC(CN(C)C)CC1CCCB(O)O. The second kappa shape index (κ2) is 6.59. The molecule has 4 nitrogen and oxygen atoms in total. The first kappa shape index (κ1) is 14.0. The van der Waals surface area contributed by atoms with Crippen molar-refractivity contribution in [3.8, 4) is 0 Å². The summed E-state index contributed by atoms with van der Waals surface area (Å²) in [6.45, 7) is 3.32. The van der Waals surface area contributed by atoms with E-state index in [0.29, 0.717) is 24.3 Å². The fraction of sp³-hybridized carbons (Fsp3) is 1.00. The van der Waals surface area contributed by atoms with Crippen molar-refractivity contribution in [2.24, 2.45) is 5.92 Å². The largest absolute Gasteiger partial charge is 0.451 e. The van der Waals surface area contributed by atoms with Gasteiger partial charge in [0.05, 0.1) is 0 Å². The predicted octanol–water partition coefficient (Wildman–Crippen LogP) is 0.168. The quantitative estimate of drug-likeness (QED) is 0.567. The van der Waals surface area contributed by atoms with E-state index >= 15 is 0 Å². The lowest BCUT2D eigenvalue weighted by atomic mass is 9.81. The molecule has 1 saturated heterocycles. The second-order valence-corrected chi connectivity index (χ2v) is 5.32. The third-order valence-corrected chi connectivity index (χ3v) is 3.42. The molecule has 94 valence electrons. The van der Waals surface area contributed by atoms with Crippen LogP contribution in [0.4, 0.5) is 0 Å². The van der Waals surface area contributed by atoms with Gasteiger partial charge in [0.1, 0.15) is 0 Å². The summed E-state index contributed by atoms with van der Waals surface area (Å²) in [6, 6.07) is 1.15. The lowest BCUT2D eigenvalue weighted by Crippen LogP contribution is -2.36. The van der Waals surface area contributed by atoms with Gasteiger partial charge in [0.2, 0.25) is 0 Å². The van der Waals surface area contributed by atoms with Crippen molar-refractivity contribution in [1.82, 2.24) is 10.2 Å². The minimum atomic E-state index is -1.14. The Morgan fingerprint density at radius 2 is 2.06 bits per heavy atom. The summed E-state index contributed by atoms with van der Waals surface area (Å²) in [5, 5.41) is 21.2. The van der Waals surface area contributed by atoms with Crippen molar-refractivity contribution >= 4 is 7.12 Å². The summed E-state index contributed by atoms with van der Waals surface area (Å²) >= 11 is 0. The summed E-state index contributed by atoms with van der Waals surface area (Å²) in [7, 11) is 3.06. The van der Waals surface area contributed by atoms with Gasteiger partial charge in [0, 0.05) is 18.6 Å². The van der Waals surface area contributed by atoms with Crippen LogP contribution in [0.2, 0.25) is 6.32 Å². The van der Waals surface area contributed by atoms with Gasteiger partial charge in [-0.25, -0.2) is 0 Å². The van der Waals surface area contributed by atoms with Gasteiger partial charge in [-0.15, -0.1) is 0 Å². The number of nitrogens with one attached hydrogen (secondary N) is 1. The molecule has 0 aliphatic carbocycles. The molecule has 5 heteroatoms. The number of nitrogens with zero attached hydrogens (tertiary/aromatic N) is 1. The van der Waals surface area contributed by atoms with Gasteiger partial charge in [-0.3, -0.25) is 0 Å². The molecule has 1 heterocycles. The monoisotopic (exact) mass is 228 g/mol. The molecule has 3 N–H and O–H groups in total. The van der Waals surface area contributed by atoms with E-state index < -0.39 is 7.12 Å². The molecule has 0 bridgehead atoms. The molecular weight excluding hydrogens is 203 g/mol. The summed E-state index contributed by atoms with van der Waals surface area (Å²) in [5.41, 5.74) is 0. The number of hydrogen-bond acceptors (Lipinski definition) is 4. The maximum absolute atomic E-state index is 8.80. The van der Waals surface area contributed by atoms with Crippen molar-refractivity contribution in [3.63, 3.8) is 0 Å². The van der Waals surface area contributed by atoms with Gasteiger partial charge < -0.3 is 20.3 Å². The lowest BCUT2D eigenvalue weighted by Gasteiger charge is -2.16. The third kappa shape index (κ3) is 4.83. The van der Waals surface area contributed by atoms with Crippen LogP contribution < -0.4 is 5.32 Å². The molecule has 3 atom stereocenters. The zero-order valence-electron chi connectivity index (χ0n) is 10.7. The van der Waals surface area contributed by atoms with Gasteiger partial charge >= 0.3 is 7.12 Å². The van der Waals surface area contributed by atoms with Crippen LogP contribution in [0.25, 0.3) is 0 Å². The number of hydrogen-bond donors (Lipinski definition) is 3. The summed E-state index contributed by atoms with van der Waals surface area (Å²) in [4.78, 5) is 2.21. The molecule has 0 aromatic carbocycles. The molecular formula is C11H25BN2O2. The predicted molar refractivity (Wildman–Crippen MR) is 67.3 cm³/mol. The Bertz CT molecular complexity index is 202. The highest BCUT2D eigenvalue weighted by atomic mass is 16.4. The zero-order valence-corrected chi connectivity index (χ0v) is 10.7. The van der Waals surface area contributed by atoms with E-state index in [-0.39, 0.29) is 0 Å². The molecule has 0 amide bonds. The van der Waals surface area contributed by atoms with E-state index in [1.54, 1.807) is 0 Å². The maximum atomic E-state index is 8.80. The van der Waals surface area contributed by atoms with Gasteiger partial charge in [-0.05, 0) is 46.1 Å². The van der Waals surface area contributed by atoms with Gasteiger partial charge in [-0.2, -0.15) is 0 Å². The van der Waals surface area contributed by atoms with Crippen molar-refractivity contribution in [1.29, 1.82) is 0 Å². The van der Waals surface area contributed by atoms with Crippen molar-refractivity contribution in [2.75, 3.05) is 20.6 Å². The Balaban J connectivity index is 2.23. The van der Waals surface area contributed by atoms with E-state index in [1.807, 2.05) is 0 Å². The first-order valence-corrected chi connectivity index (χ1v) is 6.26. The Kier molecular flexibility index (Phi) is 5.76. The molecule has 1 rings (SSSR count). The molecule has 1 aliphatic rings. The van der Waals surface area contributed by atoms with Crippen LogP contribution in [-0.2, 0) is 0 Å². The van der Waals surface area contributed by atoms with Crippen LogP contribution in [0.1, 0.15) is 26.2 Å².